The molecule has 8 nitrogen and oxygen atoms in total. The molecule has 0 unspecified atom stereocenters. The van der Waals surface area contributed by atoms with Crippen LogP contribution >= 0.6 is 11.6 Å². The van der Waals surface area contributed by atoms with E-state index in [0.717, 1.165) is 24.1 Å². The number of aromatic nitrogens is 2. The van der Waals surface area contributed by atoms with Gasteiger partial charge < -0.3 is 20.7 Å². The van der Waals surface area contributed by atoms with E-state index >= 15 is 0 Å². The molecule has 1 saturated heterocycles. The Balaban J connectivity index is 1.71. The number of hydrogen-bond acceptors (Lipinski definition) is 8. The van der Waals surface area contributed by atoms with E-state index in [1.165, 1.54) is 11.8 Å². The van der Waals surface area contributed by atoms with Gasteiger partial charge in [-0.05, 0) is 85.6 Å². The number of benzene rings is 2. The number of halogens is 1. The molecular weight excluding hydrogens is 587 g/mol. The van der Waals surface area contributed by atoms with Crippen LogP contribution in [-0.2, 0) is 9.84 Å². The van der Waals surface area contributed by atoms with Crippen LogP contribution in [0.1, 0.15) is 57.6 Å². The summed E-state index contributed by atoms with van der Waals surface area (Å²) in [5.74, 6) is 1.65. The molecule has 3 N–H and O–H groups in total. The minimum atomic E-state index is -3.64. The number of nitrogens with zero attached hydrogens (tertiary/aromatic N) is 2. The lowest BCUT2D eigenvalue weighted by Gasteiger charge is -2.48. The van der Waals surface area contributed by atoms with Crippen molar-refractivity contribution in [3.63, 3.8) is 0 Å². The maximum absolute atomic E-state index is 13.3. The number of hydrogen-bond donors (Lipinski definition) is 3. The number of ether oxygens (including phenoxy) is 1. The molecule has 1 fully saturated rings. The van der Waals surface area contributed by atoms with Gasteiger partial charge in [-0.15, -0.1) is 0 Å². The molecule has 2 heterocycles. The topological polar surface area (TPSA) is 105 Å². The van der Waals surface area contributed by atoms with Gasteiger partial charge in [0.15, 0.2) is 23.5 Å². The molecule has 1 aromatic heterocycles. The van der Waals surface area contributed by atoms with Crippen molar-refractivity contribution < 1.29 is 13.2 Å². The fourth-order valence-corrected chi connectivity index (χ4v) is 7.56. The predicted octanol–water partition coefficient (Wildman–Crippen LogP) is 0.124. The second kappa shape index (κ2) is 12.0. The summed E-state index contributed by atoms with van der Waals surface area (Å²) in [5.41, 5.74) is 3.11. The number of anilines is 4. The van der Waals surface area contributed by atoms with Crippen LogP contribution in [0.3, 0.4) is 0 Å². The molecule has 0 amide bonds. The highest BCUT2D eigenvalue weighted by atomic mass is 35.5. The Kier molecular flexibility index (Phi) is 9.40. The van der Waals surface area contributed by atoms with Crippen molar-refractivity contribution in [3.8, 4) is 5.75 Å². The van der Waals surface area contributed by atoms with Crippen LogP contribution in [0.15, 0.2) is 47.5 Å². The standard InChI is InChI=1S/C28H42B6ClN5O3S/c1-15-10-20(21(43-25(2,3)29)11-17(15)16-12-27(31,32)40-28(33,34)13-16)38-24-36-14-18(35)23(39-24)37-19-8-6-7-9-22(19)44(41,42)26(4,5)30/h6-11,14,16,40H,12-13,29-34H2,1-5H3,(H2,36,37,38,39). The molecule has 0 radical (unpaired) electrons. The molecule has 0 saturated carbocycles. The van der Waals surface area contributed by atoms with Crippen molar-refractivity contribution in [1.82, 2.24) is 15.3 Å². The average molecular weight is 629 g/mol. The minimum absolute atomic E-state index is 0.00616. The fourth-order valence-electron chi connectivity index (χ4n) is 6.09. The van der Waals surface area contributed by atoms with Gasteiger partial charge in [0.25, 0.3) is 0 Å². The normalized spacial score (nSPS) is 17.1. The molecule has 228 valence electrons. The van der Waals surface area contributed by atoms with Crippen LogP contribution in [0.5, 0.6) is 5.75 Å². The smallest absolute Gasteiger partial charge is 0.229 e. The summed E-state index contributed by atoms with van der Waals surface area (Å²) in [6, 6.07) is 11.0. The van der Waals surface area contributed by atoms with Gasteiger partial charge in [-0.25, -0.2) is 13.4 Å². The third kappa shape index (κ3) is 8.01. The maximum atomic E-state index is 13.3. The first-order valence-electron chi connectivity index (χ1n) is 15.1. The van der Waals surface area contributed by atoms with Gasteiger partial charge >= 0.3 is 0 Å². The van der Waals surface area contributed by atoms with Crippen LogP contribution < -0.4 is 20.7 Å². The molecule has 44 heavy (non-hydrogen) atoms. The number of para-hydroxylation sites is 1. The summed E-state index contributed by atoms with van der Waals surface area (Å²) in [5, 5.41) is 10.5. The first-order valence-corrected chi connectivity index (χ1v) is 17.0. The van der Waals surface area contributed by atoms with Crippen molar-refractivity contribution in [2.24, 2.45) is 0 Å². The quantitative estimate of drug-likeness (QED) is 0.287. The lowest BCUT2D eigenvalue weighted by molar-refractivity contribution is 0.199. The number of sulfone groups is 1. The number of rotatable bonds is 9. The largest absolute Gasteiger partial charge is 0.495 e. The van der Waals surface area contributed by atoms with E-state index in [1.54, 1.807) is 46.0 Å². The number of nitrogens with one attached hydrogen (secondary N) is 3. The van der Waals surface area contributed by atoms with Gasteiger partial charge in [-0.2, -0.15) is 4.98 Å². The Morgan fingerprint density at radius 1 is 1.00 bits per heavy atom. The van der Waals surface area contributed by atoms with E-state index < -0.39 is 20.0 Å². The van der Waals surface area contributed by atoms with Gasteiger partial charge in [0, 0.05) is 4.65 Å². The first-order chi connectivity index (χ1) is 20.1. The number of piperidine rings is 1. The maximum Gasteiger partial charge on any atom is 0.229 e. The van der Waals surface area contributed by atoms with Gasteiger partial charge in [-0.1, -0.05) is 37.6 Å². The van der Waals surface area contributed by atoms with Gasteiger partial charge in [0.2, 0.25) is 5.95 Å². The zero-order valence-corrected chi connectivity index (χ0v) is 29.5. The lowest BCUT2D eigenvalue weighted by atomic mass is 9.46. The van der Waals surface area contributed by atoms with Crippen LogP contribution in [-0.4, -0.2) is 86.3 Å². The molecule has 16 heteroatoms. The molecule has 4 rings (SSSR count). The molecule has 2 aromatic carbocycles. The molecular formula is C28H42B6ClN5O3S. The third-order valence-electron chi connectivity index (χ3n) is 7.64. The van der Waals surface area contributed by atoms with Crippen LogP contribution in [0.2, 0.25) is 5.02 Å². The van der Waals surface area contributed by atoms with Crippen molar-refractivity contribution >= 4 is 91.7 Å². The van der Waals surface area contributed by atoms with E-state index in [9.17, 15) is 8.42 Å². The summed E-state index contributed by atoms with van der Waals surface area (Å²) >= 11 is 6.51. The summed E-state index contributed by atoms with van der Waals surface area (Å²) in [4.78, 5) is 9.24. The first kappa shape index (κ1) is 34.4. The Hall–Kier alpha value is -2.49. The second-order valence-electron chi connectivity index (χ2n) is 15.2. The molecule has 1 aliphatic rings. The van der Waals surface area contributed by atoms with E-state index in [4.69, 9.17) is 16.3 Å². The molecule has 3 aromatic rings. The van der Waals surface area contributed by atoms with E-state index in [2.05, 4.69) is 76.4 Å². The summed E-state index contributed by atoms with van der Waals surface area (Å²) < 4.78 is 32.1. The molecule has 0 atom stereocenters. The highest BCUT2D eigenvalue weighted by Crippen LogP contribution is 2.42. The Morgan fingerprint density at radius 2 is 1.61 bits per heavy atom. The summed E-state index contributed by atoms with van der Waals surface area (Å²) in [6.45, 7) is 9.53. The van der Waals surface area contributed by atoms with Gasteiger partial charge in [-0.3, -0.25) is 0 Å². The molecule has 0 spiro atoms. The summed E-state index contributed by atoms with van der Waals surface area (Å²) in [6.07, 6.45) is 3.52. The van der Waals surface area contributed by atoms with E-state index in [1.807, 2.05) is 21.7 Å². The SMILES string of the molecule is BC1(B)CC(c2cc(OC(B)(C)C)c(Nc3ncc(Cl)c(Nc4ccccc4S(=O)(=O)C(B)(C)C)n3)cc2C)CC(B)(B)N1. The number of aryl methyl sites for hydroxylation is 1. The highest BCUT2D eigenvalue weighted by molar-refractivity contribution is 7.94. The monoisotopic (exact) mass is 629 g/mol. The Labute approximate surface area is 273 Å². The van der Waals surface area contributed by atoms with Gasteiger partial charge in [0.1, 0.15) is 50.0 Å². The van der Waals surface area contributed by atoms with Crippen LogP contribution in [0.4, 0.5) is 23.1 Å². The molecule has 0 bridgehead atoms. The Morgan fingerprint density at radius 3 is 2.20 bits per heavy atom. The zero-order chi connectivity index (χ0) is 32.9. The second-order valence-corrected chi connectivity index (χ2v) is 18.2. The van der Waals surface area contributed by atoms with Crippen molar-refractivity contribution in [2.75, 3.05) is 10.6 Å². The third-order valence-corrected chi connectivity index (χ3v) is 10.5. The van der Waals surface area contributed by atoms with Crippen LogP contribution in [0, 0.1) is 6.92 Å². The van der Waals surface area contributed by atoms with Gasteiger partial charge in [0.05, 0.1) is 28.0 Å². The highest BCUT2D eigenvalue weighted by Gasteiger charge is 2.38. The van der Waals surface area contributed by atoms with Crippen LogP contribution in [0.25, 0.3) is 0 Å². The zero-order valence-electron chi connectivity index (χ0n) is 27.9. The van der Waals surface area contributed by atoms with E-state index in [-0.39, 0.29) is 26.4 Å². The molecule has 0 aliphatic carbocycles. The lowest BCUT2D eigenvalue weighted by Crippen LogP contribution is -2.64. The van der Waals surface area contributed by atoms with Crippen molar-refractivity contribution in [1.29, 1.82) is 0 Å². The summed E-state index contributed by atoms with van der Waals surface area (Å²) in [7, 11) is 9.11. The predicted molar refractivity (Wildman–Crippen MR) is 199 cm³/mol. The molecule has 1 aliphatic heterocycles. The van der Waals surface area contributed by atoms with Crippen molar-refractivity contribution in [3.05, 3.63) is 58.7 Å². The fraction of sp³-hybridized carbons (Fsp3) is 0.429. The average Bonchev–Trinajstić information content (AvgIpc) is 2.84. The Bertz CT molecular complexity index is 1650. The minimum Gasteiger partial charge on any atom is -0.495 e. The van der Waals surface area contributed by atoms with E-state index in [0.29, 0.717) is 23.3 Å². The van der Waals surface area contributed by atoms with Crippen molar-refractivity contribution in [2.45, 2.75) is 79.1 Å².